The van der Waals surface area contributed by atoms with Crippen molar-refractivity contribution in [1.29, 1.82) is 0 Å². The summed E-state index contributed by atoms with van der Waals surface area (Å²) in [6.07, 6.45) is 0. The number of thiophene rings is 1. The number of nitrogen functional groups attached to an aromatic ring is 1. The van der Waals surface area contributed by atoms with Gasteiger partial charge >= 0.3 is 5.97 Å². The van der Waals surface area contributed by atoms with Gasteiger partial charge in [0.25, 0.3) is 0 Å². The smallest absolute Gasteiger partial charge is 0.338 e. The molecule has 0 bridgehead atoms. The Hall–Kier alpha value is -1.81. The molecular formula is C13H13NO2S. The largest absolute Gasteiger partial charge is 0.462 e. The van der Waals surface area contributed by atoms with Gasteiger partial charge in [-0.05, 0) is 36.2 Å². The summed E-state index contributed by atoms with van der Waals surface area (Å²) in [5.74, 6) is -0.294. The number of esters is 1. The Morgan fingerprint density at radius 1 is 1.35 bits per heavy atom. The maximum Gasteiger partial charge on any atom is 0.338 e. The molecule has 2 aromatic rings. The second-order valence-electron chi connectivity index (χ2n) is 3.54. The fourth-order valence-electron chi connectivity index (χ4n) is 1.54. The summed E-state index contributed by atoms with van der Waals surface area (Å²) < 4.78 is 4.96. The number of benzene rings is 1. The lowest BCUT2D eigenvalue weighted by molar-refractivity contribution is 0.0526. The molecule has 0 saturated heterocycles. The summed E-state index contributed by atoms with van der Waals surface area (Å²) in [6.45, 7) is 2.18. The molecule has 0 atom stereocenters. The Morgan fingerprint density at radius 3 is 2.82 bits per heavy atom. The van der Waals surface area contributed by atoms with Crippen LogP contribution in [0.4, 0.5) is 5.00 Å². The summed E-state index contributed by atoms with van der Waals surface area (Å²) in [7, 11) is 0. The van der Waals surface area contributed by atoms with E-state index in [2.05, 4.69) is 0 Å². The van der Waals surface area contributed by atoms with Crippen LogP contribution in [0, 0.1) is 0 Å². The highest BCUT2D eigenvalue weighted by atomic mass is 32.1. The Bertz CT molecular complexity index is 534. The molecule has 1 aromatic heterocycles. The van der Waals surface area contributed by atoms with Crippen molar-refractivity contribution in [3.63, 3.8) is 0 Å². The summed E-state index contributed by atoms with van der Waals surface area (Å²) in [4.78, 5) is 11.6. The molecule has 2 N–H and O–H groups in total. The first kappa shape index (κ1) is 11.7. The first-order valence-electron chi connectivity index (χ1n) is 5.32. The predicted octanol–water partition coefficient (Wildman–Crippen LogP) is 3.17. The van der Waals surface area contributed by atoms with Gasteiger partial charge in [-0.15, -0.1) is 11.3 Å². The van der Waals surface area contributed by atoms with Crippen molar-refractivity contribution < 1.29 is 9.53 Å². The minimum Gasteiger partial charge on any atom is -0.462 e. The van der Waals surface area contributed by atoms with Crippen molar-refractivity contribution in [3.8, 4) is 11.1 Å². The molecule has 0 radical (unpaired) electrons. The molecule has 0 fully saturated rings. The number of rotatable bonds is 3. The summed E-state index contributed by atoms with van der Waals surface area (Å²) >= 11 is 1.49. The number of hydrogen-bond acceptors (Lipinski definition) is 4. The molecule has 0 saturated carbocycles. The maximum atomic E-state index is 11.6. The van der Waals surface area contributed by atoms with E-state index < -0.39 is 0 Å². The quantitative estimate of drug-likeness (QED) is 0.847. The minimum absolute atomic E-state index is 0.294. The molecule has 88 valence electrons. The lowest BCUT2D eigenvalue weighted by Crippen LogP contribution is -2.04. The Kier molecular flexibility index (Phi) is 3.44. The number of hydrogen-bond donors (Lipinski definition) is 1. The van der Waals surface area contributed by atoms with Gasteiger partial charge in [0, 0.05) is 5.38 Å². The predicted molar refractivity (Wildman–Crippen MR) is 70.1 cm³/mol. The van der Waals surface area contributed by atoms with Crippen LogP contribution in [-0.2, 0) is 4.74 Å². The fourth-order valence-corrected chi connectivity index (χ4v) is 2.21. The van der Waals surface area contributed by atoms with Gasteiger partial charge < -0.3 is 10.5 Å². The zero-order valence-corrected chi connectivity index (χ0v) is 10.3. The molecule has 0 aliphatic rings. The van der Waals surface area contributed by atoms with Gasteiger partial charge in [-0.3, -0.25) is 0 Å². The van der Waals surface area contributed by atoms with Crippen LogP contribution in [-0.4, -0.2) is 12.6 Å². The van der Waals surface area contributed by atoms with Crippen molar-refractivity contribution in [1.82, 2.24) is 0 Å². The maximum absolute atomic E-state index is 11.6. The van der Waals surface area contributed by atoms with Crippen LogP contribution < -0.4 is 5.73 Å². The molecule has 0 aliphatic carbocycles. The lowest BCUT2D eigenvalue weighted by atomic mass is 10.1. The number of carbonyl (C=O) groups is 1. The normalized spacial score (nSPS) is 10.2. The molecule has 0 spiro atoms. The molecule has 4 heteroatoms. The Morgan fingerprint density at radius 2 is 2.18 bits per heavy atom. The number of carbonyl (C=O) groups excluding carboxylic acids is 1. The van der Waals surface area contributed by atoms with E-state index in [4.69, 9.17) is 10.5 Å². The topological polar surface area (TPSA) is 52.3 Å². The molecule has 0 unspecified atom stereocenters. The molecule has 17 heavy (non-hydrogen) atoms. The molecule has 2 rings (SSSR count). The molecule has 1 aromatic carbocycles. The third-order valence-corrected chi connectivity index (χ3v) is 3.09. The minimum atomic E-state index is -0.294. The Labute approximate surface area is 104 Å². The van der Waals surface area contributed by atoms with Crippen LogP contribution in [0.25, 0.3) is 11.1 Å². The summed E-state index contributed by atoms with van der Waals surface area (Å²) in [6, 6.07) is 9.26. The van der Waals surface area contributed by atoms with Crippen molar-refractivity contribution in [2.75, 3.05) is 12.3 Å². The summed E-state index contributed by atoms with van der Waals surface area (Å²) in [5, 5.41) is 2.74. The van der Waals surface area contributed by atoms with E-state index in [-0.39, 0.29) is 5.97 Å². The second-order valence-corrected chi connectivity index (χ2v) is 4.48. The first-order valence-corrected chi connectivity index (χ1v) is 6.20. The van der Waals surface area contributed by atoms with Crippen molar-refractivity contribution in [3.05, 3.63) is 41.3 Å². The van der Waals surface area contributed by atoms with E-state index in [9.17, 15) is 4.79 Å². The molecular weight excluding hydrogens is 234 g/mol. The van der Waals surface area contributed by atoms with Crippen molar-refractivity contribution >= 4 is 22.3 Å². The van der Waals surface area contributed by atoms with Crippen LogP contribution >= 0.6 is 11.3 Å². The standard InChI is InChI=1S/C13H13NO2S/c1-2-16-13(15)10-5-3-4-9(6-10)11-7-12(14)17-8-11/h3-8H,2,14H2,1H3. The average molecular weight is 247 g/mol. The van der Waals surface area contributed by atoms with Crippen molar-refractivity contribution in [2.45, 2.75) is 6.92 Å². The van der Waals surface area contributed by atoms with E-state index in [0.717, 1.165) is 16.1 Å². The molecule has 0 amide bonds. The average Bonchev–Trinajstić information content (AvgIpc) is 2.76. The second kappa shape index (κ2) is 5.01. The monoisotopic (exact) mass is 247 g/mol. The number of anilines is 1. The van der Waals surface area contributed by atoms with Crippen LogP contribution in [0.2, 0.25) is 0 Å². The van der Waals surface area contributed by atoms with Crippen LogP contribution in [0.3, 0.4) is 0 Å². The van der Waals surface area contributed by atoms with Gasteiger partial charge in [0.15, 0.2) is 0 Å². The van der Waals surface area contributed by atoms with Gasteiger partial charge in [-0.2, -0.15) is 0 Å². The zero-order valence-electron chi connectivity index (χ0n) is 9.47. The third kappa shape index (κ3) is 2.65. The van der Waals surface area contributed by atoms with Gasteiger partial charge in [0.1, 0.15) is 0 Å². The first-order chi connectivity index (χ1) is 8.20. The van der Waals surface area contributed by atoms with Crippen molar-refractivity contribution in [2.24, 2.45) is 0 Å². The van der Waals surface area contributed by atoms with Gasteiger partial charge in [-0.1, -0.05) is 12.1 Å². The molecule has 1 heterocycles. The summed E-state index contributed by atoms with van der Waals surface area (Å²) in [5.41, 5.74) is 8.25. The van der Waals surface area contributed by atoms with Crippen LogP contribution in [0.1, 0.15) is 17.3 Å². The van der Waals surface area contributed by atoms with E-state index >= 15 is 0 Å². The van der Waals surface area contributed by atoms with Gasteiger partial charge in [0.05, 0.1) is 17.2 Å². The fraction of sp³-hybridized carbons (Fsp3) is 0.154. The highest BCUT2D eigenvalue weighted by Crippen LogP contribution is 2.27. The number of nitrogens with two attached hydrogens (primary N) is 1. The zero-order chi connectivity index (χ0) is 12.3. The Balaban J connectivity index is 2.31. The highest BCUT2D eigenvalue weighted by molar-refractivity contribution is 7.14. The third-order valence-electron chi connectivity index (χ3n) is 2.33. The highest BCUT2D eigenvalue weighted by Gasteiger charge is 2.08. The molecule has 0 aliphatic heterocycles. The van der Waals surface area contributed by atoms with E-state index in [1.807, 2.05) is 29.6 Å². The molecule has 3 nitrogen and oxygen atoms in total. The SMILES string of the molecule is CCOC(=O)c1cccc(-c2csc(N)c2)c1. The van der Waals surface area contributed by atoms with E-state index in [1.54, 1.807) is 13.0 Å². The van der Waals surface area contributed by atoms with E-state index in [1.165, 1.54) is 11.3 Å². The van der Waals surface area contributed by atoms with Crippen LogP contribution in [0.15, 0.2) is 35.7 Å². The van der Waals surface area contributed by atoms with Gasteiger partial charge in [0.2, 0.25) is 0 Å². The lowest BCUT2D eigenvalue weighted by Gasteiger charge is -2.03. The van der Waals surface area contributed by atoms with E-state index in [0.29, 0.717) is 12.2 Å². The van der Waals surface area contributed by atoms with Crippen LogP contribution in [0.5, 0.6) is 0 Å². The van der Waals surface area contributed by atoms with Gasteiger partial charge in [-0.25, -0.2) is 4.79 Å². The number of ether oxygens (including phenoxy) is 1.